The average Bonchev–Trinajstić information content (AvgIpc) is 3.08. The van der Waals surface area contributed by atoms with Crippen LogP contribution >= 0.6 is 11.8 Å². The van der Waals surface area contributed by atoms with Crippen molar-refractivity contribution in [2.45, 2.75) is 37.0 Å². The van der Waals surface area contributed by atoms with Crippen molar-refractivity contribution < 1.29 is 9.53 Å². The number of aromatic amines is 1. The topological polar surface area (TPSA) is 58.2 Å². The Bertz CT molecular complexity index is 895. The van der Waals surface area contributed by atoms with E-state index in [-0.39, 0.29) is 18.1 Å². The van der Waals surface area contributed by atoms with Crippen LogP contribution in [0.15, 0.2) is 53.7 Å². The summed E-state index contributed by atoms with van der Waals surface area (Å²) in [5.74, 6) is 0.883. The normalized spacial score (nSPS) is 20.1. The number of benzene rings is 2. The van der Waals surface area contributed by atoms with Gasteiger partial charge in [-0.3, -0.25) is 4.79 Å². The Hall–Kier alpha value is -2.31. The minimum atomic E-state index is 0.0773. The highest BCUT2D eigenvalue weighted by atomic mass is 32.2. The number of rotatable bonds is 4. The Balaban J connectivity index is 1.39. The van der Waals surface area contributed by atoms with E-state index in [1.807, 2.05) is 67.3 Å². The molecule has 1 fully saturated rings. The van der Waals surface area contributed by atoms with Crippen LogP contribution < -0.4 is 0 Å². The van der Waals surface area contributed by atoms with Crippen molar-refractivity contribution >= 4 is 28.7 Å². The van der Waals surface area contributed by atoms with Crippen LogP contribution in [0.3, 0.4) is 0 Å². The standard InChI is InChI=1S/C21H23N3O2S/c1-14-11-24(12-15(2)26-14)20(25)17-9-7-16(8-10-17)13-27-21-22-18-5-3-4-6-19(18)23-21/h3-10,14-15H,11-13H2,1-2H3,(H,22,23). The molecule has 2 aromatic carbocycles. The number of thioether (sulfide) groups is 1. The fourth-order valence-corrected chi connectivity index (χ4v) is 4.26. The molecule has 1 saturated heterocycles. The van der Waals surface area contributed by atoms with Crippen LogP contribution in [0.1, 0.15) is 29.8 Å². The monoisotopic (exact) mass is 381 g/mol. The molecule has 1 aromatic heterocycles. The Morgan fingerprint density at radius 1 is 1.15 bits per heavy atom. The Kier molecular flexibility index (Phi) is 5.18. The fraction of sp³-hybridized carbons (Fsp3) is 0.333. The van der Waals surface area contributed by atoms with Crippen LogP contribution in [0.2, 0.25) is 0 Å². The first-order valence-corrected chi connectivity index (χ1v) is 10.2. The number of hydrogen-bond donors (Lipinski definition) is 1. The van der Waals surface area contributed by atoms with Gasteiger partial charge in [0.25, 0.3) is 5.91 Å². The molecule has 5 nitrogen and oxygen atoms in total. The van der Waals surface area contributed by atoms with Gasteiger partial charge in [0.1, 0.15) is 0 Å². The predicted octanol–water partition coefficient (Wildman–Crippen LogP) is 4.10. The van der Waals surface area contributed by atoms with Gasteiger partial charge in [0, 0.05) is 24.4 Å². The van der Waals surface area contributed by atoms with E-state index in [0.717, 1.165) is 27.5 Å². The molecule has 0 radical (unpaired) electrons. The van der Waals surface area contributed by atoms with E-state index in [2.05, 4.69) is 9.97 Å². The average molecular weight is 382 g/mol. The van der Waals surface area contributed by atoms with Crippen molar-refractivity contribution in [2.75, 3.05) is 13.1 Å². The smallest absolute Gasteiger partial charge is 0.254 e. The van der Waals surface area contributed by atoms with E-state index >= 15 is 0 Å². The number of hydrogen-bond acceptors (Lipinski definition) is 4. The van der Waals surface area contributed by atoms with Gasteiger partial charge in [0.15, 0.2) is 5.16 Å². The Morgan fingerprint density at radius 2 is 1.85 bits per heavy atom. The maximum absolute atomic E-state index is 12.7. The number of para-hydroxylation sites is 2. The van der Waals surface area contributed by atoms with Crippen LogP contribution in [-0.2, 0) is 10.5 Å². The van der Waals surface area contributed by atoms with Crippen LogP contribution in [0, 0.1) is 0 Å². The molecular formula is C21H23N3O2S. The van der Waals surface area contributed by atoms with Gasteiger partial charge in [-0.25, -0.2) is 4.98 Å². The number of ether oxygens (including phenoxy) is 1. The second-order valence-electron chi connectivity index (χ2n) is 7.01. The van der Waals surface area contributed by atoms with Crippen LogP contribution in [0.25, 0.3) is 11.0 Å². The second-order valence-corrected chi connectivity index (χ2v) is 7.98. The summed E-state index contributed by atoms with van der Waals surface area (Å²) < 4.78 is 5.71. The summed E-state index contributed by atoms with van der Waals surface area (Å²) in [6.45, 7) is 5.31. The van der Waals surface area contributed by atoms with E-state index in [0.29, 0.717) is 13.1 Å². The summed E-state index contributed by atoms with van der Waals surface area (Å²) in [4.78, 5) is 22.5. The van der Waals surface area contributed by atoms with Gasteiger partial charge < -0.3 is 14.6 Å². The summed E-state index contributed by atoms with van der Waals surface area (Å²) in [6.07, 6.45) is 0.161. The number of fused-ring (bicyclic) bond motifs is 1. The lowest BCUT2D eigenvalue weighted by Gasteiger charge is -2.35. The summed E-state index contributed by atoms with van der Waals surface area (Å²) in [5, 5.41) is 0.910. The molecular weight excluding hydrogens is 358 g/mol. The van der Waals surface area contributed by atoms with Gasteiger partial charge in [0.2, 0.25) is 0 Å². The highest BCUT2D eigenvalue weighted by molar-refractivity contribution is 7.98. The number of nitrogens with zero attached hydrogens (tertiary/aromatic N) is 2. The minimum Gasteiger partial charge on any atom is -0.372 e. The van der Waals surface area contributed by atoms with Gasteiger partial charge >= 0.3 is 0 Å². The zero-order valence-corrected chi connectivity index (χ0v) is 16.3. The number of carbonyl (C=O) groups is 1. The molecule has 0 aliphatic carbocycles. The Labute approximate surface area is 163 Å². The third-order valence-corrected chi connectivity index (χ3v) is 5.60. The molecule has 0 saturated carbocycles. The number of H-pyrrole nitrogens is 1. The maximum atomic E-state index is 12.7. The molecule has 1 aliphatic rings. The maximum Gasteiger partial charge on any atom is 0.254 e. The zero-order valence-electron chi connectivity index (χ0n) is 15.5. The van der Waals surface area contributed by atoms with E-state index < -0.39 is 0 Å². The zero-order chi connectivity index (χ0) is 18.8. The molecule has 1 aliphatic heterocycles. The summed E-state index contributed by atoms with van der Waals surface area (Å²) in [7, 11) is 0. The number of amides is 1. The van der Waals surface area contributed by atoms with Crippen LogP contribution in [0.4, 0.5) is 0 Å². The van der Waals surface area contributed by atoms with Crippen molar-refractivity contribution in [1.29, 1.82) is 0 Å². The molecule has 2 atom stereocenters. The summed E-state index contributed by atoms with van der Waals surface area (Å²) in [6, 6.07) is 15.9. The molecule has 2 unspecified atom stereocenters. The minimum absolute atomic E-state index is 0.0773. The highest BCUT2D eigenvalue weighted by Crippen LogP contribution is 2.23. The van der Waals surface area contributed by atoms with Crippen molar-refractivity contribution in [3.05, 3.63) is 59.7 Å². The molecule has 1 amide bonds. The SMILES string of the molecule is CC1CN(C(=O)c2ccc(CSc3nc4ccccc4[nH]3)cc2)CC(C)O1. The highest BCUT2D eigenvalue weighted by Gasteiger charge is 2.26. The van der Waals surface area contributed by atoms with E-state index in [4.69, 9.17) is 4.74 Å². The van der Waals surface area contributed by atoms with Crippen molar-refractivity contribution in [3.63, 3.8) is 0 Å². The lowest BCUT2D eigenvalue weighted by molar-refractivity contribution is -0.0586. The molecule has 4 rings (SSSR count). The first-order chi connectivity index (χ1) is 13.1. The number of nitrogens with one attached hydrogen (secondary N) is 1. The van der Waals surface area contributed by atoms with Gasteiger partial charge in [-0.2, -0.15) is 0 Å². The van der Waals surface area contributed by atoms with Gasteiger partial charge in [-0.15, -0.1) is 0 Å². The number of morpholine rings is 1. The van der Waals surface area contributed by atoms with Crippen molar-refractivity contribution in [3.8, 4) is 0 Å². The molecule has 3 aromatic rings. The van der Waals surface area contributed by atoms with Crippen LogP contribution in [-0.4, -0.2) is 46.1 Å². The first kappa shape index (κ1) is 18.1. The number of aromatic nitrogens is 2. The number of imidazole rings is 1. The first-order valence-electron chi connectivity index (χ1n) is 9.20. The third-order valence-electron chi connectivity index (χ3n) is 4.65. The van der Waals surface area contributed by atoms with Crippen LogP contribution in [0.5, 0.6) is 0 Å². The fourth-order valence-electron chi connectivity index (χ4n) is 3.42. The predicted molar refractivity (Wildman–Crippen MR) is 108 cm³/mol. The molecule has 2 heterocycles. The molecule has 140 valence electrons. The molecule has 6 heteroatoms. The van der Waals surface area contributed by atoms with E-state index in [1.165, 1.54) is 5.56 Å². The summed E-state index contributed by atoms with van der Waals surface area (Å²) in [5.41, 5.74) is 3.93. The van der Waals surface area contributed by atoms with Gasteiger partial charge in [0.05, 0.1) is 23.2 Å². The van der Waals surface area contributed by atoms with Gasteiger partial charge in [-0.05, 0) is 43.7 Å². The molecule has 0 bridgehead atoms. The lowest BCUT2D eigenvalue weighted by atomic mass is 10.1. The second kappa shape index (κ2) is 7.74. The van der Waals surface area contributed by atoms with E-state index in [9.17, 15) is 4.79 Å². The van der Waals surface area contributed by atoms with Gasteiger partial charge in [-0.1, -0.05) is 36.0 Å². The number of carbonyl (C=O) groups excluding carboxylic acids is 1. The lowest BCUT2D eigenvalue weighted by Crippen LogP contribution is -2.48. The third kappa shape index (κ3) is 4.17. The quantitative estimate of drug-likeness (QED) is 0.691. The summed E-state index contributed by atoms with van der Waals surface area (Å²) >= 11 is 1.66. The van der Waals surface area contributed by atoms with Crippen molar-refractivity contribution in [2.24, 2.45) is 0 Å². The van der Waals surface area contributed by atoms with E-state index in [1.54, 1.807) is 11.8 Å². The van der Waals surface area contributed by atoms with Crippen molar-refractivity contribution in [1.82, 2.24) is 14.9 Å². The Morgan fingerprint density at radius 3 is 2.56 bits per heavy atom. The molecule has 0 spiro atoms. The largest absolute Gasteiger partial charge is 0.372 e. The molecule has 27 heavy (non-hydrogen) atoms. The molecule has 1 N–H and O–H groups in total.